The first-order chi connectivity index (χ1) is 8.58. The molecule has 1 atom stereocenters. The molecule has 102 valence electrons. The van der Waals surface area contributed by atoms with Crippen molar-refractivity contribution >= 4 is 0 Å². The van der Waals surface area contributed by atoms with Crippen LogP contribution in [-0.2, 0) is 11.3 Å². The van der Waals surface area contributed by atoms with Crippen LogP contribution in [0, 0.1) is 12.8 Å². The fraction of sp³-hybridized carbons (Fsp3) is 0.600. The van der Waals surface area contributed by atoms with Crippen molar-refractivity contribution in [3.63, 3.8) is 0 Å². The third kappa shape index (κ3) is 4.31. The Morgan fingerprint density at radius 3 is 2.50 bits per heavy atom. The van der Waals surface area contributed by atoms with Gasteiger partial charge in [0.05, 0.1) is 13.7 Å². The van der Waals surface area contributed by atoms with Gasteiger partial charge in [0.1, 0.15) is 5.75 Å². The fourth-order valence-electron chi connectivity index (χ4n) is 1.95. The number of ether oxygens (including phenoxy) is 2. The summed E-state index contributed by atoms with van der Waals surface area (Å²) in [6.07, 6.45) is 0. The molecule has 0 heterocycles. The standard InChI is InChI=1S/C15H25NO2/c1-11(2)14(10-17-4)16-9-13-8-12(3)6-7-15(13)18-5/h6-8,11,14,16H,9-10H2,1-5H3. The summed E-state index contributed by atoms with van der Waals surface area (Å²) in [6.45, 7) is 8.02. The molecule has 1 N–H and O–H groups in total. The molecule has 0 amide bonds. The highest BCUT2D eigenvalue weighted by molar-refractivity contribution is 5.36. The molecule has 18 heavy (non-hydrogen) atoms. The van der Waals surface area contributed by atoms with Gasteiger partial charge in [-0.25, -0.2) is 0 Å². The van der Waals surface area contributed by atoms with Crippen LogP contribution in [0.5, 0.6) is 5.75 Å². The van der Waals surface area contributed by atoms with Crippen molar-refractivity contribution in [2.75, 3.05) is 20.8 Å². The van der Waals surface area contributed by atoms with E-state index < -0.39 is 0 Å². The fourth-order valence-corrected chi connectivity index (χ4v) is 1.95. The molecular formula is C15H25NO2. The van der Waals surface area contributed by atoms with E-state index in [2.05, 4.69) is 38.2 Å². The average Bonchev–Trinajstić information content (AvgIpc) is 2.34. The second kappa shape index (κ2) is 7.39. The normalized spacial score (nSPS) is 12.8. The Kier molecular flexibility index (Phi) is 6.16. The molecule has 0 saturated heterocycles. The van der Waals surface area contributed by atoms with Gasteiger partial charge >= 0.3 is 0 Å². The van der Waals surface area contributed by atoms with Gasteiger partial charge in [-0.15, -0.1) is 0 Å². The highest BCUT2D eigenvalue weighted by Gasteiger charge is 2.13. The van der Waals surface area contributed by atoms with Crippen molar-refractivity contribution in [1.29, 1.82) is 0 Å². The Morgan fingerprint density at radius 2 is 1.94 bits per heavy atom. The van der Waals surface area contributed by atoms with Gasteiger partial charge in [-0.3, -0.25) is 0 Å². The van der Waals surface area contributed by atoms with E-state index in [1.54, 1.807) is 14.2 Å². The lowest BCUT2D eigenvalue weighted by Gasteiger charge is -2.22. The van der Waals surface area contributed by atoms with Crippen LogP contribution >= 0.6 is 0 Å². The molecule has 1 unspecified atom stereocenters. The summed E-state index contributed by atoms with van der Waals surface area (Å²) >= 11 is 0. The molecule has 0 bridgehead atoms. The highest BCUT2D eigenvalue weighted by atomic mass is 16.5. The molecule has 0 spiro atoms. The van der Waals surface area contributed by atoms with Gasteiger partial charge in [-0.05, 0) is 18.9 Å². The third-order valence-corrected chi connectivity index (χ3v) is 3.14. The predicted molar refractivity (Wildman–Crippen MR) is 75.1 cm³/mol. The van der Waals surface area contributed by atoms with E-state index in [1.165, 1.54) is 11.1 Å². The molecule has 1 rings (SSSR count). The van der Waals surface area contributed by atoms with Crippen molar-refractivity contribution in [3.8, 4) is 5.75 Å². The number of rotatable bonds is 7. The van der Waals surface area contributed by atoms with E-state index in [0.29, 0.717) is 12.0 Å². The molecule has 0 fully saturated rings. The minimum absolute atomic E-state index is 0.361. The van der Waals surface area contributed by atoms with Gasteiger partial charge in [-0.2, -0.15) is 0 Å². The third-order valence-electron chi connectivity index (χ3n) is 3.14. The Hall–Kier alpha value is -1.06. The van der Waals surface area contributed by atoms with E-state index in [9.17, 15) is 0 Å². The molecule has 1 aromatic carbocycles. The first-order valence-corrected chi connectivity index (χ1v) is 6.44. The van der Waals surface area contributed by atoms with Crippen molar-refractivity contribution in [2.45, 2.75) is 33.4 Å². The largest absolute Gasteiger partial charge is 0.496 e. The van der Waals surface area contributed by atoms with Crippen LogP contribution in [0.1, 0.15) is 25.0 Å². The van der Waals surface area contributed by atoms with Gasteiger partial charge in [0.2, 0.25) is 0 Å². The van der Waals surface area contributed by atoms with E-state index in [-0.39, 0.29) is 0 Å². The van der Waals surface area contributed by atoms with Crippen molar-refractivity contribution < 1.29 is 9.47 Å². The first-order valence-electron chi connectivity index (χ1n) is 6.44. The summed E-state index contributed by atoms with van der Waals surface area (Å²) in [5.74, 6) is 1.48. The molecule has 0 radical (unpaired) electrons. The number of hydrogen-bond donors (Lipinski definition) is 1. The molecule has 0 aromatic heterocycles. The molecule has 0 aliphatic carbocycles. The maximum atomic E-state index is 5.38. The number of methoxy groups -OCH3 is 2. The lowest BCUT2D eigenvalue weighted by molar-refractivity contribution is 0.146. The summed E-state index contributed by atoms with van der Waals surface area (Å²) in [4.78, 5) is 0. The smallest absolute Gasteiger partial charge is 0.123 e. The van der Waals surface area contributed by atoms with Crippen LogP contribution in [0.4, 0.5) is 0 Å². The molecular weight excluding hydrogens is 226 g/mol. The topological polar surface area (TPSA) is 30.5 Å². The molecule has 1 aromatic rings. The zero-order valence-corrected chi connectivity index (χ0v) is 12.1. The summed E-state index contributed by atoms with van der Waals surface area (Å²) < 4.78 is 10.6. The van der Waals surface area contributed by atoms with E-state index in [1.807, 2.05) is 6.07 Å². The van der Waals surface area contributed by atoms with Gasteiger partial charge in [0.25, 0.3) is 0 Å². The summed E-state index contributed by atoms with van der Waals surface area (Å²) in [7, 11) is 3.45. The second-order valence-corrected chi connectivity index (χ2v) is 5.00. The number of benzene rings is 1. The minimum atomic E-state index is 0.361. The lowest BCUT2D eigenvalue weighted by Crippen LogP contribution is -2.37. The maximum Gasteiger partial charge on any atom is 0.123 e. The zero-order valence-electron chi connectivity index (χ0n) is 12.1. The average molecular weight is 251 g/mol. The van der Waals surface area contributed by atoms with Crippen molar-refractivity contribution in [1.82, 2.24) is 5.32 Å². The highest BCUT2D eigenvalue weighted by Crippen LogP contribution is 2.19. The minimum Gasteiger partial charge on any atom is -0.496 e. The second-order valence-electron chi connectivity index (χ2n) is 5.00. The summed E-state index contributed by atoms with van der Waals surface area (Å²) in [6, 6.07) is 6.61. The molecule has 0 aliphatic rings. The number of nitrogens with one attached hydrogen (secondary N) is 1. The maximum absolute atomic E-state index is 5.38. The zero-order chi connectivity index (χ0) is 13.5. The molecule has 0 saturated carbocycles. The Bertz CT molecular complexity index is 364. The molecule has 0 aliphatic heterocycles. The Balaban J connectivity index is 2.68. The Labute approximate surface area is 110 Å². The van der Waals surface area contributed by atoms with Crippen molar-refractivity contribution in [3.05, 3.63) is 29.3 Å². The number of hydrogen-bond acceptors (Lipinski definition) is 3. The van der Waals surface area contributed by atoms with E-state index in [0.717, 1.165) is 18.9 Å². The monoisotopic (exact) mass is 251 g/mol. The van der Waals surface area contributed by atoms with Crippen LogP contribution in [0.15, 0.2) is 18.2 Å². The van der Waals surface area contributed by atoms with Crippen molar-refractivity contribution in [2.24, 2.45) is 5.92 Å². The van der Waals surface area contributed by atoms with Crippen LogP contribution < -0.4 is 10.1 Å². The van der Waals surface area contributed by atoms with E-state index in [4.69, 9.17) is 9.47 Å². The quantitative estimate of drug-likeness (QED) is 0.808. The van der Waals surface area contributed by atoms with Gasteiger partial charge in [0.15, 0.2) is 0 Å². The Morgan fingerprint density at radius 1 is 1.22 bits per heavy atom. The van der Waals surface area contributed by atoms with Crippen LogP contribution in [0.25, 0.3) is 0 Å². The summed E-state index contributed by atoms with van der Waals surface area (Å²) in [5.41, 5.74) is 2.44. The van der Waals surface area contributed by atoms with Gasteiger partial charge in [0, 0.05) is 25.3 Å². The molecule has 3 nitrogen and oxygen atoms in total. The van der Waals surface area contributed by atoms with Gasteiger partial charge in [-0.1, -0.05) is 31.5 Å². The van der Waals surface area contributed by atoms with Crippen LogP contribution in [-0.4, -0.2) is 26.9 Å². The predicted octanol–water partition coefficient (Wildman–Crippen LogP) is 2.76. The van der Waals surface area contributed by atoms with E-state index >= 15 is 0 Å². The summed E-state index contributed by atoms with van der Waals surface area (Å²) in [5, 5.41) is 3.53. The SMILES string of the molecule is COCC(NCc1cc(C)ccc1OC)C(C)C. The molecule has 3 heteroatoms. The lowest BCUT2D eigenvalue weighted by atomic mass is 10.0. The van der Waals surface area contributed by atoms with Gasteiger partial charge < -0.3 is 14.8 Å². The van der Waals surface area contributed by atoms with Crippen LogP contribution in [0.2, 0.25) is 0 Å². The number of aryl methyl sites for hydroxylation is 1. The van der Waals surface area contributed by atoms with Crippen LogP contribution in [0.3, 0.4) is 0 Å². The first kappa shape index (κ1) is 15.0.